The summed E-state index contributed by atoms with van der Waals surface area (Å²) in [7, 11) is 0. The van der Waals surface area contributed by atoms with Gasteiger partial charge in [0.25, 0.3) is 17.7 Å². The van der Waals surface area contributed by atoms with Crippen LogP contribution in [-0.4, -0.2) is 35.6 Å². The number of thiophene rings is 1. The van der Waals surface area contributed by atoms with Gasteiger partial charge in [0.1, 0.15) is 5.00 Å². The van der Waals surface area contributed by atoms with Crippen molar-refractivity contribution in [2.75, 3.05) is 23.3 Å². The molecule has 8 heteroatoms. The van der Waals surface area contributed by atoms with E-state index in [-0.39, 0.29) is 17.7 Å². The number of rotatable bonds is 5. The van der Waals surface area contributed by atoms with Crippen LogP contribution in [-0.2, 0) is 22.4 Å². The summed E-state index contributed by atoms with van der Waals surface area (Å²) in [5.41, 5.74) is 2.45. The molecule has 1 unspecified atom stereocenters. The van der Waals surface area contributed by atoms with Gasteiger partial charge in [-0.05, 0) is 64.2 Å². The van der Waals surface area contributed by atoms with Gasteiger partial charge in [-0.3, -0.25) is 14.4 Å². The molecule has 1 aromatic heterocycles. The van der Waals surface area contributed by atoms with Gasteiger partial charge in [-0.2, -0.15) is 0 Å². The number of anilines is 2. The molecule has 2 aromatic rings. The molecule has 4 rings (SSSR count). The van der Waals surface area contributed by atoms with Crippen LogP contribution in [0.3, 0.4) is 0 Å². The average Bonchev–Trinajstić information content (AvgIpc) is 3.12. The number of benzene rings is 1. The number of aryl methyl sites for hydroxylation is 1. The number of carbonyl (C=O) groups excluding carboxylic acids is 3. The van der Waals surface area contributed by atoms with Crippen molar-refractivity contribution in [2.24, 2.45) is 0 Å². The van der Waals surface area contributed by atoms with Crippen LogP contribution >= 0.6 is 23.1 Å². The SMILES string of the molecule is CCNC(=O)c1c(NC(=O)C2(C)Sc3ccccc3N(CC)C2=O)sc2c1CCCC2. The maximum Gasteiger partial charge on any atom is 0.254 e. The fourth-order valence-electron chi connectivity index (χ4n) is 4.22. The summed E-state index contributed by atoms with van der Waals surface area (Å²) < 4.78 is -1.31. The summed E-state index contributed by atoms with van der Waals surface area (Å²) in [4.78, 5) is 43.4. The molecule has 6 nitrogen and oxygen atoms in total. The van der Waals surface area contributed by atoms with Crippen LogP contribution in [0, 0.1) is 0 Å². The standard InChI is InChI=1S/C23H27N3O3S2/c1-4-24-19(27)18-14-10-6-8-12-16(14)30-20(18)25-21(28)23(3)22(29)26(5-2)15-11-7-9-13-17(15)31-23/h7,9,11,13H,4-6,8,10,12H2,1-3H3,(H,24,27)(H,25,28). The number of amides is 3. The topological polar surface area (TPSA) is 78.5 Å². The van der Waals surface area contributed by atoms with Crippen molar-refractivity contribution in [3.05, 3.63) is 40.3 Å². The molecule has 2 heterocycles. The molecule has 0 saturated carbocycles. The number of para-hydroxylation sites is 1. The second kappa shape index (κ2) is 8.67. The second-order valence-corrected chi connectivity index (χ2v) is 10.4. The van der Waals surface area contributed by atoms with Gasteiger partial charge in [0, 0.05) is 22.9 Å². The van der Waals surface area contributed by atoms with Crippen molar-refractivity contribution in [1.29, 1.82) is 0 Å². The van der Waals surface area contributed by atoms with Crippen molar-refractivity contribution in [3.8, 4) is 0 Å². The largest absolute Gasteiger partial charge is 0.352 e. The molecule has 1 atom stereocenters. The lowest BCUT2D eigenvalue weighted by Gasteiger charge is -2.38. The summed E-state index contributed by atoms with van der Waals surface area (Å²) in [6.07, 6.45) is 3.89. The van der Waals surface area contributed by atoms with Crippen molar-refractivity contribution >= 4 is 51.5 Å². The maximum absolute atomic E-state index is 13.5. The summed E-state index contributed by atoms with van der Waals surface area (Å²) in [5, 5.41) is 6.40. The van der Waals surface area contributed by atoms with E-state index in [2.05, 4.69) is 10.6 Å². The number of hydrogen-bond donors (Lipinski definition) is 2. The molecular weight excluding hydrogens is 430 g/mol. The van der Waals surface area contributed by atoms with E-state index in [1.54, 1.807) is 11.8 Å². The molecule has 0 radical (unpaired) electrons. The third-order valence-electron chi connectivity index (χ3n) is 5.84. The number of carbonyl (C=O) groups is 3. The minimum atomic E-state index is -1.31. The molecule has 1 aromatic carbocycles. The summed E-state index contributed by atoms with van der Waals surface area (Å²) in [5.74, 6) is -0.790. The van der Waals surface area contributed by atoms with Crippen LogP contribution in [0.25, 0.3) is 0 Å². The van der Waals surface area contributed by atoms with Gasteiger partial charge in [0.15, 0.2) is 4.75 Å². The van der Waals surface area contributed by atoms with Gasteiger partial charge < -0.3 is 15.5 Å². The van der Waals surface area contributed by atoms with Gasteiger partial charge in [-0.1, -0.05) is 23.9 Å². The molecule has 1 aliphatic carbocycles. The minimum Gasteiger partial charge on any atom is -0.352 e. The molecule has 1 aliphatic heterocycles. The van der Waals surface area contributed by atoms with Crippen molar-refractivity contribution in [1.82, 2.24) is 5.32 Å². The molecule has 0 fully saturated rings. The van der Waals surface area contributed by atoms with Crippen molar-refractivity contribution in [2.45, 2.75) is 56.1 Å². The molecule has 2 aliphatic rings. The molecule has 164 valence electrons. The predicted molar refractivity (Wildman–Crippen MR) is 126 cm³/mol. The van der Waals surface area contributed by atoms with E-state index in [0.717, 1.165) is 46.7 Å². The van der Waals surface area contributed by atoms with E-state index in [1.807, 2.05) is 38.1 Å². The third kappa shape index (κ3) is 3.76. The van der Waals surface area contributed by atoms with E-state index >= 15 is 0 Å². The van der Waals surface area contributed by atoms with Gasteiger partial charge in [-0.25, -0.2) is 0 Å². The van der Waals surface area contributed by atoms with Crippen molar-refractivity contribution in [3.63, 3.8) is 0 Å². The van der Waals surface area contributed by atoms with Crippen LogP contribution in [0.2, 0.25) is 0 Å². The smallest absolute Gasteiger partial charge is 0.254 e. The summed E-state index contributed by atoms with van der Waals surface area (Å²) in [6.45, 7) is 6.46. The van der Waals surface area contributed by atoms with Gasteiger partial charge in [0.2, 0.25) is 0 Å². The van der Waals surface area contributed by atoms with E-state index in [4.69, 9.17) is 0 Å². The lowest BCUT2D eigenvalue weighted by atomic mass is 9.95. The summed E-state index contributed by atoms with van der Waals surface area (Å²) >= 11 is 2.75. The highest BCUT2D eigenvalue weighted by atomic mass is 32.2. The highest BCUT2D eigenvalue weighted by Crippen LogP contribution is 2.46. The van der Waals surface area contributed by atoms with Crippen LogP contribution < -0.4 is 15.5 Å². The second-order valence-electron chi connectivity index (χ2n) is 7.88. The molecule has 3 amide bonds. The first kappa shape index (κ1) is 21.9. The van der Waals surface area contributed by atoms with Gasteiger partial charge in [-0.15, -0.1) is 11.3 Å². The van der Waals surface area contributed by atoms with Crippen molar-refractivity contribution < 1.29 is 14.4 Å². The lowest BCUT2D eigenvalue weighted by molar-refractivity contribution is -0.128. The number of fused-ring (bicyclic) bond motifs is 2. The molecule has 0 bridgehead atoms. The number of thioether (sulfide) groups is 1. The normalized spacial score (nSPS) is 20.1. The fraction of sp³-hybridized carbons (Fsp3) is 0.435. The zero-order valence-corrected chi connectivity index (χ0v) is 19.7. The Labute approximate surface area is 190 Å². The Morgan fingerprint density at radius 2 is 1.90 bits per heavy atom. The number of nitrogens with zero attached hydrogens (tertiary/aromatic N) is 1. The molecule has 2 N–H and O–H groups in total. The Morgan fingerprint density at radius 1 is 1.16 bits per heavy atom. The van der Waals surface area contributed by atoms with E-state index in [1.165, 1.54) is 23.1 Å². The fourth-order valence-corrected chi connectivity index (χ4v) is 6.71. The highest BCUT2D eigenvalue weighted by Gasteiger charge is 2.49. The monoisotopic (exact) mass is 457 g/mol. The zero-order valence-electron chi connectivity index (χ0n) is 18.0. The van der Waals surface area contributed by atoms with Crippen LogP contribution in [0.15, 0.2) is 29.2 Å². The summed E-state index contributed by atoms with van der Waals surface area (Å²) in [6, 6.07) is 7.65. The Balaban J connectivity index is 1.69. The first-order valence-electron chi connectivity index (χ1n) is 10.7. The Morgan fingerprint density at radius 3 is 2.65 bits per heavy atom. The Hall–Kier alpha value is -2.32. The molecule has 0 spiro atoms. The van der Waals surface area contributed by atoms with Crippen LogP contribution in [0.4, 0.5) is 10.7 Å². The van der Waals surface area contributed by atoms with E-state index in [0.29, 0.717) is 23.7 Å². The first-order valence-corrected chi connectivity index (χ1v) is 12.4. The first-order chi connectivity index (χ1) is 14.9. The highest BCUT2D eigenvalue weighted by molar-refractivity contribution is 8.02. The van der Waals surface area contributed by atoms with Gasteiger partial charge in [0.05, 0.1) is 11.3 Å². The maximum atomic E-state index is 13.5. The number of hydrogen-bond acceptors (Lipinski definition) is 5. The third-order valence-corrected chi connectivity index (χ3v) is 8.38. The minimum absolute atomic E-state index is 0.162. The molecular formula is C23H27N3O3S2. The Bertz CT molecular complexity index is 1050. The van der Waals surface area contributed by atoms with Gasteiger partial charge >= 0.3 is 0 Å². The quantitative estimate of drug-likeness (QED) is 0.659. The molecule has 31 heavy (non-hydrogen) atoms. The zero-order chi connectivity index (χ0) is 22.2. The molecule has 0 saturated heterocycles. The average molecular weight is 458 g/mol. The Kier molecular flexibility index (Phi) is 6.12. The predicted octanol–water partition coefficient (Wildman–Crippen LogP) is 4.23. The van der Waals surface area contributed by atoms with Crippen LogP contribution in [0.1, 0.15) is 54.4 Å². The van der Waals surface area contributed by atoms with E-state index in [9.17, 15) is 14.4 Å². The van der Waals surface area contributed by atoms with Crippen LogP contribution in [0.5, 0.6) is 0 Å². The number of nitrogens with one attached hydrogen (secondary N) is 2. The van der Waals surface area contributed by atoms with E-state index < -0.39 is 4.75 Å². The lowest BCUT2D eigenvalue weighted by Crippen LogP contribution is -2.54.